The van der Waals surface area contributed by atoms with Crippen molar-refractivity contribution in [1.29, 1.82) is 0 Å². The van der Waals surface area contributed by atoms with Crippen molar-refractivity contribution < 1.29 is 14.3 Å². The van der Waals surface area contributed by atoms with E-state index in [2.05, 4.69) is 17.1 Å². The Kier molecular flexibility index (Phi) is 4.42. The lowest BCUT2D eigenvalue weighted by molar-refractivity contribution is -0.123. The van der Waals surface area contributed by atoms with Crippen LogP contribution in [0, 0.1) is 29.6 Å². The van der Waals surface area contributed by atoms with E-state index < -0.39 is 0 Å². The number of hydrogen-bond donors (Lipinski definition) is 1. The van der Waals surface area contributed by atoms with Gasteiger partial charge in [0.1, 0.15) is 5.75 Å². The fourth-order valence-corrected chi connectivity index (χ4v) is 9.93. The number of aromatic amines is 1. The predicted octanol–water partition coefficient (Wildman–Crippen LogP) is 4.12. The summed E-state index contributed by atoms with van der Waals surface area (Å²) < 4.78 is 5.24. The van der Waals surface area contributed by atoms with Crippen molar-refractivity contribution >= 4 is 40.6 Å². The van der Waals surface area contributed by atoms with E-state index in [1.54, 1.807) is 43.1 Å². The minimum Gasteiger partial charge on any atom is -0.497 e. The van der Waals surface area contributed by atoms with E-state index in [9.17, 15) is 14.4 Å². The van der Waals surface area contributed by atoms with Crippen LogP contribution in [0.4, 0.5) is 5.69 Å². The smallest absolute Gasteiger partial charge is 0.305 e. The molecule has 4 aliphatic rings. The number of nitrogens with zero attached hydrogens (tertiary/aromatic N) is 1. The Morgan fingerprint density at radius 2 is 1.65 bits per heavy atom. The molecule has 1 N–H and O–H groups in total. The number of imide groups is 1. The summed E-state index contributed by atoms with van der Waals surface area (Å²) in [4.78, 5) is 45.1. The quantitative estimate of drug-likeness (QED) is 0.559. The lowest BCUT2D eigenvalue weighted by atomic mass is 9.68. The molecule has 6 nitrogen and oxygen atoms in total. The zero-order valence-corrected chi connectivity index (χ0v) is 20.0. The molecule has 3 fully saturated rings. The van der Waals surface area contributed by atoms with Crippen molar-refractivity contribution in [2.24, 2.45) is 29.6 Å². The van der Waals surface area contributed by atoms with Crippen LogP contribution in [0.25, 0.3) is 0 Å². The van der Waals surface area contributed by atoms with Gasteiger partial charge in [0.2, 0.25) is 11.8 Å². The van der Waals surface area contributed by atoms with Gasteiger partial charge >= 0.3 is 4.87 Å². The van der Waals surface area contributed by atoms with Crippen molar-refractivity contribution in [1.82, 2.24) is 4.98 Å². The molecule has 7 atom stereocenters. The Morgan fingerprint density at radius 1 is 0.941 bits per heavy atom. The summed E-state index contributed by atoms with van der Waals surface area (Å²) in [5.74, 6) is 0.530. The van der Waals surface area contributed by atoms with E-state index in [-0.39, 0.29) is 57.4 Å². The van der Waals surface area contributed by atoms with Gasteiger partial charge < -0.3 is 9.72 Å². The van der Waals surface area contributed by atoms with Crippen LogP contribution >= 0.6 is 23.1 Å². The highest BCUT2D eigenvalue weighted by Crippen LogP contribution is 2.68. The van der Waals surface area contributed by atoms with Gasteiger partial charge in [-0.2, -0.15) is 0 Å². The van der Waals surface area contributed by atoms with Crippen LogP contribution in [-0.4, -0.2) is 29.2 Å². The van der Waals surface area contributed by atoms with Gasteiger partial charge in [-0.3, -0.25) is 19.3 Å². The number of methoxy groups -OCH3 is 1. The van der Waals surface area contributed by atoms with Crippen LogP contribution in [0.3, 0.4) is 0 Å². The monoisotopic (exact) mass is 490 g/mol. The number of nitrogens with one attached hydrogen (secondary N) is 1. The largest absolute Gasteiger partial charge is 0.497 e. The second kappa shape index (κ2) is 7.33. The van der Waals surface area contributed by atoms with Crippen LogP contribution in [0.15, 0.2) is 64.4 Å². The number of anilines is 1. The van der Waals surface area contributed by atoms with Crippen molar-refractivity contribution in [3.05, 3.63) is 74.7 Å². The molecule has 0 radical (unpaired) electrons. The summed E-state index contributed by atoms with van der Waals surface area (Å²) in [6.07, 6.45) is 0.897. The Morgan fingerprint density at radius 3 is 2.35 bits per heavy atom. The molecular weight excluding hydrogens is 468 g/mol. The standard InChI is InChI=1S/C26H22N2O4S2/c1-32-14-9-7-13(8-10-14)28-24(29)19-15-11-16(20(19)25(28)30)21-18(15)17(12-5-3-2-4-6-12)22-23(33-21)27-26(31)34-22/h2-10,15-21H,11H2,1H3,(H,27,31)/t15-,16-,17-,18-,19+,20-,21+/m1/s1. The van der Waals surface area contributed by atoms with Gasteiger partial charge in [-0.15, -0.1) is 11.8 Å². The molecular formula is C26H22N2O4S2. The molecule has 0 unspecified atom stereocenters. The Bertz CT molecular complexity index is 1370. The number of thiazole rings is 1. The average molecular weight is 491 g/mol. The van der Waals surface area contributed by atoms with E-state index in [0.29, 0.717) is 11.4 Å². The summed E-state index contributed by atoms with van der Waals surface area (Å²) in [5, 5.41) is 1.15. The normalized spacial score (nSPS) is 33.1. The highest BCUT2D eigenvalue weighted by molar-refractivity contribution is 8.00. The third-order valence-corrected chi connectivity index (χ3v) is 10.8. The van der Waals surface area contributed by atoms with Crippen LogP contribution in [0.5, 0.6) is 5.75 Å². The maximum atomic E-state index is 13.7. The second-order valence-corrected chi connectivity index (χ2v) is 11.8. The third kappa shape index (κ3) is 2.66. The summed E-state index contributed by atoms with van der Waals surface area (Å²) in [5.41, 5.74) is 1.80. The summed E-state index contributed by atoms with van der Waals surface area (Å²) in [6, 6.07) is 17.5. The maximum Gasteiger partial charge on any atom is 0.305 e. The molecule has 2 aromatic carbocycles. The van der Waals surface area contributed by atoms with Crippen molar-refractivity contribution in [3.63, 3.8) is 0 Å². The first-order valence-electron chi connectivity index (χ1n) is 11.5. The van der Waals surface area contributed by atoms with Crippen LogP contribution in [0.2, 0.25) is 0 Å². The number of aromatic nitrogens is 1. The number of rotatable bonds is 3. The first-order chi connectivity index (χ1) is 16.6. The number of H-pyrrole nitrogens is 1. The summed E-state index contributed by atoms with van der Waals surface area (Å²) in [7, 11) is 1.60. The van der Waals surface area contributed by atoms with Gasteiger partial charge in [-0.25, -0.2) is 0 Å². The van der Waals surface area contributed by atoms with E-state index >= 15 is 0 Å². The van der Waals surface area contributed by atoms with Crippen molar-refractivity contribution in [2.75, 3.05) is 12.0 Å². The predicted molar refractivity (Wildman–Crippen MR) is 130 cm³/mol. The number of thioether (sulfide) groups is 1. The van der Waals surface area contributed by atoms with Gasteiger partial charge in [0.25, 0.3) is 0 Å². The van der Waals surface area contributed by atoms with Gasteiger partial charge in [0.05, 0.1) is 29.7 Å². The Labute approximate surface area is 204 Å². The molecule has 7 rings (SSSR count). The van der Waals surface area contributed by atoms with E-state index in [1.165, 1.54) is 21.8 Å². The molecule has 2 saturated carbocycles. The van der Waals surface area contributed by atoms with Gasteiger partial charge in [-0.05, 0) is 54.0 Å². The maximum absolute atomic E-state index is 13.7. The van der Waals surface area contributed by atoms with E-state index in [4.69, 9.17) is 4.74 Å². The fraction of sp³-hybridized carbons (Fsp3) is 0.346. The first-order valence-corrected chi connectivity index (χ1v) is 13.2. The Balaban J connectivity index is 1.30. The molecule has 0 spiro atoms. The molecule has 2 aliphatic carbocycles. The molecule has 34 heavy (non-hydrogen) atoms. The van der Waals surface area contributed by atoms with Crippen molar-refractivity contribution in [2.45, 2.75) is 22.6 Å². The fourth-order valence-electron chi connectivity index (χ4n) is 7.04. The molecule has 1 aromatic heterocycles. The number of carbonyl (C=O) groups excluding carboxylic acids is 2. The van der Waals surface area contributed by atoms with E-state index in [1.807, 2.05) is 18.2 Å². The third-order valence-electron chi connectivity index (χ3n) is 8.21. The SMILES string of the molecule is COc1ccc(N2C(=O)[C@@H]3[C@H]4C[C@@H]([C@@H]3C2=O)[C@@H]2[C@@H](c3ccccc3)c3sc(=O)[nH]c3S[C@@H]42)cc1. The molecule has 3 aromatic rings. The van der Waals surface area contributed by atoms with E-state index in [0.717, 1.165) is 16.3 Å². The van der Waals surface area contributed by atoms with Gasteiger partial charge in [-0.1, -0.05) is 41.7 Å². The molecule has 3 heterocycles. The molecule has 2 bridgehead atoms. The van der Waals surface area contributed by atoms with Crippen LogP contribution in [-0.2, 0) is 9.59 Å². The minimum atomic E-state index is -0.287. The molecule has 2 amide bonds. The topological polar surface area (TPSA) is 79.5 Å². The average Bonchev–Trinajstić information content (AvgIpc) is 3.58. The van der Waals surface area contributed by atoms with Gasteiger partial charge in [0.15, 0.2) is 0 Å². The molecule has 1 saturated heterocycles. The number of amides is 2. The second-order valence-electron chi connectivity index (χ2n) is 9.58. The number of hydrogen-bond acceptors (Lipinski definition) is 6. The first kappa shape index (κ1) is 20.5. The minimum absolute atomic E-state index is 0.0382. The Hall–Kier alpha value is -2.84. The molecule has 8 heteroatoms. The summed E-state index contributed by atoms with van der Waals surface area (Å²) >= 11 is 3.01. The van der Waals surface area contributed by atoms with Crippen LogP contribution < -0.4 is 14.5 Å². The number of ether oxygens (including phenoxy) is 1. The van der Waals surface area contributed by atoms with Crippen molar-refractivity contribution in [3.8, 4) is 5.75 Å². The van der Waals surface area contributed by atoms with Gasteiger partial charge in [0, 0.05) is 16.0 Å². The zero-order chi connectivity index (χ0) is 23.1. The summed E-state index contributed by atoms with van der Waals surface area (Å²) in [6.45, 7) is 0. The highest BCUT2D eigenvalue weighted by Gasteiger charge is 2.69. The van der Waals surface area contributed by atoms with Crippen LogP contribution in [0.1, 0.15) is 22.8 Å². The lowest BCUT2D eigenvalue weighted by Crippen LogP contribution is -2.42. The molecule has 172 valence electrons. The zero-order valence-electron chi connectivity index (χ0n) is 18.3. The number of carbonyl (C=O) groups is 2. The lowest BCUT2D eigenvalue weighted by Gasteiger charge is -2.43. The number of benzene rings is 2. The molecule has 2 aliphatic heterocycles. The highest BCUT2D eigenvalue weighted by atomic mass is 32.2. The number of fused-ring (bicyclic) bond motifs is 9.